The lowest BCUT2D eigenvalue weighted by molar-refractivity contribution is 0.190. The number of piperidine rings is 1. The number of hydrogen-bond donors (Lipinski definition) is 1. The van der Waals surface area contributed by atoms with Crippen molar-refractivity contribution in [3.63, 3.8) is 0 Å². The minimum atomic E-state index is 0.437. The third-order valence-electron chi connectivity index (χ3n) is 4.58. The van der Waals surface area contributed by atoms with Gasteiger partial charge in [0.05, 0.1) is 12.8 Å². The number of nitrogens with zero attached hydrogens (tertiary/aromatic N) is 3. The lowest BCUT2D eigenvalue weighted by Gasteiger charge is -2.35. The molecule has 1 aromatic heterocycles. The number of ether oxygens (including phenoxy) is 1. The number of likely N-dealkylation sites (tertiary alicyclic amines) is 1. The molecule has 2 aromatic rings. The lowest BCUT2D eigenvalue weighted by atomic mass is 9.99. The zero-order chi connectivity index (χ0) is 16.2. The molecule has 0 amide bonds. The number of rotatable bonds is 4. The minimum Gasteiger partial charge on any atom is -0.497 e. The topological polar surface area (TPSA) is 50.3 Å². The molecule has 5 nitrogen and oxygen atoms in total. The van der Waals surface area contributed by atoms with Crippen molar-refractivity contribution in [2.24, 2.45) is 0 Å². The van der Waals surface area contributed by atoms with Gasteiger partial charge < -0.3 is 15.0 Å². The van der Waals surface area contributed by atoms with Crippen LogP contribution in [0, 0.1) is 0 Å². The van der Waals surface area contributed by atoms with Gasteiger partial charge in [0.1, 0.15) is 5.75 Å². The van der Waals surface area contributed by atoms with E-state index in [-0.39, 0.29) is 0 Å². The Hall–Kier alpha value is -2.14. The average molecular weight is 312 g/mol. The third-order valence-corrected chi connectivity index (χ3v) is 4.58. The molecular weight excluding hydrogens is 288 g/mol. The van der Waals surface area contributed by atoms with Gasteiger partial charge in [0.25, 0.3) is 0 Å². The maximum atomic E-state index is 5.20. The molecule has 2 unspecified atom stereocenters. The minimum absolute atomic E-state index is 0.437. The summed E-state index contributed by atoms with van der Waals surface area (Å²) in [7, 11) is 3.85. The Morgan fingerprint density at radius 3 is 2.70 bits per heavy atom. The average Bonchev–Trinajstić information content (AvgIpc) is 2.58. The van der Waals surface area contributed by atoms with Gasteiger partial charge in [0.15, 0.2) is 0 Å². The lowest BCUT2D eigenvalue weighted by Crippen LogP contribution is -2.42. The molecule has 1 aromatic carbocycles. The van der Waals surface area contributed by atoms with Crippen LogP contribution in [0.2, 0.25) is 0 Å². The Morgan fingerprint density at radius 2 is 2.00 bits per heavy atom. The first kappa shape index (κ1) is 15.7. The normalized spacial score (nSPS) is 21.9. The SMILES string of the molecule is COc1ccc(-c2ccnc(NC3CCN(C)C(C)C3)n2)cc1. The molecule has 23 heavy (non-hydrogen) atoms. The molecule has 2 heterocycles. The second-order valence-electron chi connectivity index (χ2n) is 6.19. The zero-order valence-corrected chi connectivity index (χ0v) is 14.0. The molecule has 2 atom stereocenters. The highest BCUT2D eigenvalue weighted by Crippen LogP contribution is 2.22. The molecule has 1 fully saturated rings. The fourth-order valence-corrected chi connectivity index (χ4v) is 2.95. The molecule has 0 saturated carbocycles. The van der Waals surface area contributed by atoms with E-state index in [2.05, 4.69) is 34.2 Å². The van der Waals surface area contributed by atoms with Gasteiger partial charge in [-0.15, -0.1) is 0 Å². The van der Waals surface area contributed by atoms with E-state index in [0.717, 1.165) is 36.4 Å². The highest BCUT2D eigenvalue weighted by molar-refractivity contribution is 5.61. The smallest absolute Gasteiger partial charge is 0.223 e. The van der Waals surface area contributed by atoms with Crippen LogP contribution in [-0.2, 0) is 0 Å². The van der Waals surface area contributed by atoms with Gasteiger partial charge in [-0.3, -0.25) is 0 Å². The largest absolute Gasteiger partial charge is 0.497 e. The van der Waals surface area contributed by atoms with Crippen molar-refractivity contribution in [2.75, 3.05) is 26.0 Å². The van der Waals surface area contributed by atoms with Crippen LogP contribution in [-0.4, -0.2) is 47.7 Å². The summed E-state index contributed by atoms with van der Waals surface area (Å²) in [5, 5.41) is 3.49. The molecule has 0 bridgehead atoms. The first-order valence-corrected chi connectivity index (χ1v) is 8.10. The van der Waals surface area contributed by atoms with Crippen molar-refractivity contribution >= 4 is 5.95 Å². The van der Waals surface area contributed by atoms with E-state index in [1.54, 1.807) is 7.11 Å². The first-order valence-electron chi connectivity index (χ1n) is 8.10. The predicted molar refractivity (Wildman–Crippen MR) is 92.8 cm³/mol. The van der Waals surface area contributed by atoms with Crippen LogP contribution in [0.4, 0.5) is 5.95 Å². The number of methoxy groups -OCH3 is 1. The molecule has 0 radical (unpaired) electrons. The highest BCUT2D eigenvalue weighted by Gasteiger charge is 2.23. The van der Waals surface area contributed by atoms with E-state index >= 15 is 0 Å². The highest BCUT2D eigenvalue weighted by atomic mass is 16.5. The summed E-state index contributed by atoms with van der Waals surface area (Å²) in [6, 6.07) is 10.9. The van der Waals surface area contributed by atoms with E-state index in [1.165, 1.54) is 0 Å². The second-order valence-corrected chi connectivity index (χ2v) is 6.19. The first-order chi connectivity index (χ1) is 11.2. The van der Waals surface area contributed by atoms with E-state index in [4.69, 9.17) is 4.74 Å². The molecule has 3 rings (SSSR count). The van der Waals surface area contributed by atoms with E-state index in [1.807, 2.05) is 36.5 Å². The van der Waals surface area contributed by atoms with Crippen LogP contribution < -0.4 is 10.1 Å². The Kier molecular flexibility index (Phi) is 4.76. The number of aromatic nitrogens is 2. The molecular formula is C18H24N4O. The Balaban J connectivity index is 1.72. The summed E-state index contributed by atoms with van der Waals surface area (Å²) in [5.74, 6) is 1.56. The van der Waals surface area contributed by atoms with Crippen molar-refractivity contribution in [1.29, 1.82) is 0 Å². The van der Waals surface area contributed by atoms with Crippen LogP contribution in [0.25, 0.3) is 11.3 Å². The van der Waals surface area contributed by atoms with E-state index < -0.39 is 0 Å². The number of benzene rings is 1. The maximum Gasteiger partial charge on any atom is 0.223 e. The van der Waals surface area contributed by atoms with E-state index in [0.29, 0.717) is 18.0 Å². The monoisotopic (exact) mass is 312 g/mol. The molecule has 1 saturated heterocycles. The van der Waals surface area contributed by atoms with Gasteiger partial charge in [-0.1, -0.05) is 0 Å². The van der Waals surface area contributed by atoms with Crippen molar-refractivity contribution in [1.82, 2.24) is 14.9 Å². The van der Waals surface area contributed by atoms with Crippen LogP contribution in [0.1, 0.15) is 19.8 Å². The molecule has 1 aliphatic rings. The summed E-state index contributed by atoms with van der Waals surface area (Å²) in [4.78, 5) is 11.4. The Labute approximate surface area is 137 Å². The van der Waals surface area contributed by atoms with Gasteiger partial charge in [0.2, 0.25) is 5.95 Å². The molecule has 0 spiro atoms. The fraction of sp³-hybridized carbons (Fsp3) is 0.444. The van der Waals surface area contributed by atoms with Crippen molar-refractivity contribution in [3.8, 4) is 17.0 Å². The molecule has 122 valence electrons. The van der Waals surface area contributed by atoms with E-state index in [9.17, 15) is 0 Å². The number of anilines is 1. The molecule has 5 heteroatoms. The van der Waals surface area contributed by atoms with Crippen LogP contribution >= 0.6 is 0 Å². The summed E-state index contributed by atoms with van der Waals surface area (Å²) in [5.41, 5.74) is 1.99. The Bertz CT molecular complexity index is 644. The summed E-state index contributed by atoms with van der Waals surface area (Å²) >= 11 is 0. The predicted octanol–water partition coefficient (Wildman–Crippen LogP) is 3.05. The number of nitrogens with one attached hydrogen (secondary N) is 1. The summed E-state index contributed by atoms with van der Waals surface area (Å²) in [6.45, 7) is 3.37. The van der Waals surface area contributed by atoms with Gasteiger partial charge in [-0.25, -0.2) is 9.97 Å². The van der Waals surface area contributed by atoms with Gasteiger partial charge in [-0.05, 0) is 57.1 Å². The maximum absolute atomic E-state index is 5.20. The Morgan fingerprint density at radius 1 is 1.22 bits per heavy atom. The second kappa shape index (κ2) is 6.96. The quantitative estimate of drug-likeness (QED) is 0.940. The van der Waals surface area contributed by atoms with Gasteiger partial charge in [0, 0.05) is 30.4 Å². The van der Waals surface area contributed by atoms with Crippen LogP contribution in [0.5, 0.6) is 5.75 Å². The fourth-order valence-electron chi connectivity index (χ4n) is 2.95. The van der Waals surface area contributed by atoms with Crippen LogP contribution in [0.3, 0.4) is 0 Å². The third kappa shape index (κ3) is 3.79. The molecule has 1 aliphatic heterocycles. The zero-order valence-electron chi connectivity index (χ0n) is 14.0. The molecule has 1 N–H and O–H groups in total. The molecule has 0 aliphatic carbocycles. The standard InChI is InChI=1S/C18H24N4O/c1-13-12-15(9-11-22(13)2)20-18-19-10-8-17(21-18)14-4-6-16(23-3)7-5-14/h4-8,10,13,15H,9,11-12H2,1-3H3,(H,19,20,21). The van der Waals surface area contributed by atoms with Crippen molar-refractivity contribution < 1.29 is 4.74 Å². The van der Waals surface area contributed by atoms with Crippen molar-refractivity contribution in [3.05, 3.63) is 36.5 Å². The van der Waals surface area contributed by atoms with Gasteiger partial charge >= 0.3 is 0 Å². The summed E-state index contributed by atoms with van der Waals surface area (Å²) in [6.07, 6.45) is 4.05. The summed E-state index contributed by atoms with van der Waals surface area (Å²) < 4.78 is 5.20. The number of hydrogen-bond acceptors (Lipinski definition) is 5. The van der Waals surface area contributed by atoms with Crippen molar-refractivity contribution in [2.45, 2.75) is 31.8 Å². The van der Waals surface area contributed by atoms with Crippen LogP contribution in [0.15, 0.2) is 36.5 Å². The van der Waals surface area contributed by atoms with Gasteiger partial charge in [-0.2, -0.15) is 0 Å².